The van der Waals surface area contributed by atoms with Gasteiger partial charge in [0, 0.05) is 25.1 Å². The number of hydrogen-bond acceptors (Lipinski definition) is 3. The van der Waals surface area contributed by atoms with Crippen LogP contribution < -0.4 is 5.43 Å². The van der Waals surface area contributed by atoms with Gasteiger partial charge in [0.1, 0.15) is 5.78 Å². The lowest BCUT2D eigenvalue weighted by atomic mass is 9.95. The predicted octanol–water partition coefficient (Wildman–Crippen LogP) is 1.09. The first-order valence-electron chi connectivity index (χ1n) is 4.08. The number of hydrazone groups is 1. The quantitative estimate of drug-likeness (QED) is 0.478. The number of rotatable bonds is 2. The van der Waals surface area contributed by atoms with Gasteiger partial charge in [-0.1, -0.05) is 0 Å². The van der Waals surface area contributed by atoms with Crippen LogP contribution in [0.2, 0.25) is 0 Å². The standard InChI is InChI=1S/C8H14N2O/c1-2-9-10-7-3-5-8(11)6-4-7/h2,7,10H,3-6H2,1H3/b9-2-. The lowest BCUT2D eigenvalue weighted by Crippen LogP contribution is -2.29. The van der Waals surface area contributed by atoms with E-state index in [2.05, 4.69) is 10.5 Å². The van der Waals surface area contributed by atoms with E-state index >= 15 is 0 Å². The lowest BCUT2D eigenvalue weighted by molar-refractivity contribution is -0.120. The first-order chi connectivity index (χ1) is 5.33. The molecule has 0 amide bonds. The maximum absolute atomic E-state index is 10.8. The van der Waals surface area contributed by atoms with E-state index in [-0.39, 0.29) is 0 Å². The highest BCUT2D eigenvalue weighted by molar-refractivity contribution is 5.79. The van der Waals surface area contributed by atoms with Crippen LogP contribution in [-0.2, 0) is 4.79 Å². The Morgan fingerprint density at radius 2 is 2.18 bits per heavy atom. The molecule has 3 heteroatoms. The van der Waals surface area contributed by atoms with Crippen LogP contribution in [0.4, 0.5) is 0 Å². The molecule has 1 aliphatic rings. The van der Waals surface area contributed by atoms with E-state index in [1.165, 1.54) is 0 Å². The van der Waals surface area contributed by atoms with Gasteiger partial charge in [-0.3, -0.25) is 4.79 Å². The normalized spacial score (nSPS) is 21.0. The van der Waals surface area contributed by atoms with Crippen molar-refractivity contribution in [2.45, 2.75) is 38.6 Å². The van der Waals surface area contributed by atoms with Gasteiger partial charge < -0.3 is 5.43 Å². The zero-order chi connectivity index (χ0) is 8.10. The monoisotopic (exact) mass is 154 g/mol. The molecule has 0 aromatic carbocycles. The molecule has 3 nitrogen and oxygen atoms in total. The molecule has 1 aliphatic carbocycles. The van der Waals surface area contributed by atoms with Crippen molar-refractivity contribution in [1.29, 1.82) is 0 Å². The average Bonchev–Trinajstić information content (AvgIpc) is 2.04. The minimum Gasteiger partial charge on any atom is -0.307 e. The number of carbonyl (C=O) groups excluding carboxylic acids is 1. The number of ketones is 1. The number of nitrogens with one attached hydrogen (secondary N) is 1. The second-order valence-corrected chi connectivity index (χ2v) is 2.83. The van der Waals surface area contributed by atoms with Crippen molar-refractivity contribution in [3.63, 3.8) is 0 Å². The molecule has 0 heterocycles. The van der Waals surface area contributed by atoms with E-state index < -0.39 is 0 Å². The zero-order valence-corrected chi connectivity index (χ0v) is 6.84. The Bertz CT molecular complexity index is 155. The van der Waals surface area contributed by atoms with E-state index in [9.17, 15) is 4.79 Å². The van der Waals surface area contributed by atoms with E-state index in [4.69, 9.17) is 0 Å². The van der Waals surface area contributed by atoms with Crippen molar-refractivity contribution in [2.24, 2.45) is 5.10 Å². The molecule has 0 aliphatic heterocycles. The first-order valence-corrected chi connectivity index (χ1v) is 4.08. The van der Waals surface area contributed by atoms with Crippen molar-refractivity contribution in [2.75, 3.05) is 0 Å². The van der Waals surface area contributed by atoms with Crippen molar-refractivity contribution >= 4 is 12.0 Å². The summed E-state index contributed by atoms with van der Waals surface area (Å²) in [6, 6.07) is 0.420. The maximum atomic E-state index is 10.8. The van der Waals surface area contributed by atoms with Gasteiger partial charge in [-0.05, 0) is 19.8 Å². The van der Waals surface area contributed by atoms with Crippen molar-refractivity contribution in [3.05, 3.63) is 0 Å². The van der Waals surface area contributed by atoms with Gasteiger partial charge >= 0.3 is 0 Å². The SMILES string of the molecule is C/C=N\NC1CCC(=O)CC1. The van der Waals surface area contributed by atoms with Crippen LogP contribution in [0.25, 0.3) is 0 Å². The second-order valence-electron chi connectivity index (χ2n) is 2.83. The van der Waals surface area contributed by atoms with Gasteiger partial charge in [0.15, 0.2) is 0 Å². The van der Waals surface area contributed by atoms with Gasteiger partial charge in [-0.2, -0.15) is 5.10 Å². The smallest absolute Gasteiger partial charge is 0.133 e. The minimum absolute atomic E-state index is 0.392. The largest absolute Gasteiger partial charge is 0.307 e. The van der Waals surface area contributed by atoms with Crippen LogP contribution in [0.3, 0.4) is 0 Å². The van der Waals surface area contributed by atoms with Crippen LogP contribution in [0, 0.1) is 0 Å². The minimum atomic E-state index is 0.392. The number of carbonyl (C=O) groups is 1. The second kappa shape index (κ2) is 4.11. The molecule has 62 valence electrons. The molecule has 11 heavy (non-hydrogen) atoms. The molecule has 0 aromatic rings. The third kappa shape index (κ3) is 2.70. The zero-order valence-electron chi connectivity index (χ0n) is 6.84. The summed E-state index contributed by atoms with van der Waals surface area (Å²) < 4.78 is 0. The highest BCUT2D eigenvalue weighted by atomic mass is 16.1. The Morgan fingerprint density at radius 3 is 2.73 bits per heavy atom. The van der Waals surface area contributed by atoms with E-state index in [0.717, 1.165) is 25.7 Å². The van der Waals surface area contributed by atoms with Crippen LogP contribution in [-0.4, -0.2) is 18.0 Å². The summed E-state index contributed by atoms with van der Waals surface area (Å²) in [4.78, 5) is 10.8. The van der Waals surface area contributed by atoms with Crippen molar-refractivity contribution < 1.29 is 4.79 Å². The van der Waals surface area contributed by atoms with Gasteiger partial charge in [0.05, 0.1) is 0 Å². The fourth-order valence-electron chi connectivity index (χ4n) is 1.25. The number of hydrogen-bond donors (Lipinski definition) is 1. The summed E-state index contributed by atoms with van der Waals surface area (Å²) in [6.07, 6.45) is 5.05. The van der Waals surface area contributed by atoms with Crippen molar-refractivity contribution in [3.8, 4) is 0 Å². The number of nitrogens with zero attached hydrogens (tertiary/aromatic N) is 1. The fourth-order valence-corrected chi connectivity index (χ4v) is 1.25. The molecule has 0 aromatic heterocycles. The predicted molar refractivity (Wildman–Crippen MR) is 44.6 cm³/mol. The Labute approximate surface area is 66.9 Å². The van der Waals surface area contributed by atoms with Gasteiger partial charge in [-0.25, -0.2) is 0 Å². The molecule has 0 unspecified atom stereocenters. The van der Waals surface area contributed by atoms with Crippen molar-refractivity contribution in [1.82, 2.24) is 5.43 Å². The summed E-state index contributed by atoms with van der Waals surface area (Å²) in [5.41, 5.74) is 3.01. The van der Waals surface area contributed by atoms with E-state index in [1.54, 1.807) is 6.21 Å². The first kappa shape index (κ1) is 8.24. The molecule has 0 atom stereocenters. The fraction of sp³-hybridized carbons (Fsp3) is 0.750. The summed E-state index contributed by atoms with van der Waals surface area (Å²) >= 11 is 0. The Balaban J connectivity index is 2.22. The molecule has 0 saturated heterocycles. The summed E-state index contributed by atoms with van der Waals surface area (Å²) in [5, 5.41) is 3.93. The summed E-state index contributed by atoms with van der Waals surface area (Å²) in [5.74, 6) is 0.392. The molecule has 0 radical (unpaired) electrons. The molecular weight excluding hydrogens is 140 g/mol. The van der Waals surface area contributed by atoms with E-state index in [0.29, 0.717) is 11.8 Å². The molecule has 1 rings (SSSR count). The third-order valence-corrected chi connectivity index (χ3v) is 1.93. The average molecular weight is 154 g/mol. The topological polar surface area (TPSA) is 41.5 Å². The van der Waals surface area contributed by atoms with Crippen LogP contribution in [0.5, 0.6) is 0 Å². The molecule has 0 bridgehead atoms. The number of Topliss-reactive ketones (excluding diaryl/α,β-unsaturated/α-hetero) is 1. The summed E-state index contributed by atoms with van der Waals surface area (Å²) in [7, 11) is 0. The van der Waals surface area contributed by atoms with Crippen LogP contribution >= 0.6 is 0 Å². The Kier molecular flexibility index (Phi) is 3.08. The Hall–Kier alpha value is -0.860. The third-order valence-electron chi connectivity index (χ3n) is 1.93. The molecule has 0 spiro atoms. The molecule has 1 N–H and O–H groups in total. The molecule has 1 fully saturated rings. The molecule has 1 saturated carbocycles. The van der Waals surface area contributed by atoms with Gasteiger partial charge in [0.25, 0.3) is 0 Å². The van der Waals surface area contributed by atoms with Crippen LogP contribution in [0.15, 0.2) is 5.10 Å². The van der Waals surface area contributed by atoms with Crippen LogP contribution in [0.1, 0.15) is 32.6 Å². The van der Waals surface area contributed by atoms with Gasteiger partial charge in [-0.15, -0.1) is 0 Å². The Morgan fingerprint density at radius 1 is 1.55 bits per heavy atom. The molecular formula is C8H14N2O. The summed E-state index contributed by atoms with van der Waals surface area (Å²) in [6.45, 7) is 1.88. The highest BCUT2D eigenvalue weighted by Gasteiger charge is 2.17. The van der Waals surface area contributed by atoms with E-state index in [1.807, 2.05) is 6.92 Å². The van der Waals surface area contributed by atoms with Gasteiger partial charge in [0.2, 0.25) is 0 Å². The highest BCUT2D eigenvalue weighted by Crippen LogP contribution is 2.14. The lowest BCUT2D eigenvalue weighted by Gasteiger charge is -2.19. The maximum Gasteiger partial charge on any atom is 0.133 e.